The Labute approximate surface area is 169 Å². The molecule has 1 aromatic carbocycles. The predicted octanol–water partition coefficient (Wildman–Crippen LogP) is 3.18. The first-order valence-electron chi connectivity index (χ1n) is 10.5. The Balaban J connectivity index is 1.80. The summed E-state index contributed by atoms with van der Waals surface area (Å²) in [5.74, 6) is 2.42. The van der Waals surface area contributed by atoms with Crippen LogP contribution >= 0.6 is 0 Å². The first-order valence-corrected chi connectivity index (χ1v) is 10.5. The van der Waals surface area contributed by atoms with E-state index in [0.29, 0.717) is 12.3 Å². The SMILES string of the molecule is CCNC(=NCc1cccc(OCC(=O)N(C)C)c1)NCCCC1CCCC1. The van der Waals surface area contributed by atoms with Crippen molar-refractivity contribution in [2.45, 2.75) is 52.0 Å². The molecule has 28 heavy (non-hydrogen) atoms. The van der Waals surface area contributed by atoms with Crippen LogP contribution in [0.3, 0.4) is 0 Å². The fraction of sp³-hybridized carbons (Fsp3) is 0.636. The Morgan fingerprint density at radius 2 is 2.04 bits per heavy atom. The van der Waals surface area contributed by atoms with E-state index in [2.05, 4.69) is 22.5 Å². The number of aliphatic imine (C=N–C) groups is 1. The highest BCUT2D eigenvalue weighted by molar-refractivity contribution is 5.79. The minimum atomic E-state index is -0.0559. The molecule has 0 unspecified atom stereocenters. The average molecular weight is 389 g/mol. The van der Waals surface area contributed by atoms with Crippen LogP contribution in [0.5, 0.6) is 5.75 Å². The molecule has 1 aromatic rings. The van der Waals surface area contributed by atoms with Crippen LogP contribution in [-0.2, 0) is 11.3 Å². The molecule has 1 aliphatic rings. The molecule has 6 nitrogen and oxygen atoms in total. The lowest BCUT2D eigenvalue weighted by molar-refractivity contribution is -0.130. The molecule has 2 rings (SSSR count). The maximum Gasteiger partial charge on any atom is 0.259 e. The molecule has 1 amide bonds. The van der Waals surface area contributed by atoms with Gasteiger partial charge in [0.15, 0.2) is 12.6 Å². The predicted molar refractivity (Wildman–Crippen MR) is 115 cm³/mol. The van der Waals surface area contributed by atoms with E-state index >= 15 is 0 Å². The van der Waals surface area contributed by atoms with Crippen LogP contribution in [0.1, 0.15) is 51.0 Å². The Morgan fingerprint density at radius 3 is 2.75 bits per heavy atom. The molecule has 0 saturated heterocycles. The first-order chi connectivity index (χ1) is 13.6. The van der Waals surface area contributed by atoms with Crippen molar-refractivity contribution in [3.05, 3.63) is 29.8 Å². The number of carbonyl (C=O) groups is 1. The van der Waals surface area contributed by atoms with Crippen molar-refractivity contribution in [1.29, 1.82) is 0 Å². The van der Waals surface area contributed by atoms with Gasteiger partial charge in [-0.1, -0.05) is 37.8 Å². The minimum Gasteiger partial charge on any atom is -0.484 e. The number of benzene rings is 1. The second-order valence-corrected chi connectivity index (χ2v) is 7.64. The maximum atomic E-state index is 11.7. The molecular weight excluding hydrogens is 352 g/mol. The van der Waals surface area contributed by atoms with Crippen molar-refractivity contribution in [2.75, 3.05) is 33.8 Å². The van der Waals surface area contributed by atoms with Gasteiger partial charge in [-0.05, 0) is 43.4 Å². The molecule has 0 radical (unpaired) electrons. The van der Waals surface area contributed by atoms with Crippen LogP contribution in [0.2, 0.25) is 0 Å². The van der Waals surface area contributed by atoms with E-state index in [9.17, 15) is 4.79 Å². The quantitative estimate of drug-likeness (QED) is 0.367. The van der Waals surface area contributed by atoms with Crippen molar-refractivity contribution < 1.29 is 9.53 Å². The zero-order valence-corrected chi connectivity index (χ0v) is 17.7. The number of nitrogens with zero attached hydrogens (tertiary/aromatic N) is 2. The topological polar surface area (TPSA) is 66.0 Å². The summed E-state index contributed by atoms with van der Waals surface area (Å²) >= 11 is 0. The van der Waals surface area contributed by atoms with Gasteiger partial charge in [0.2, 0.25) is 0 Å². The van der Waals surface area contributed by atoms with Gasteiger partial charge < -0.3 is 20.3 Å². The third kappa shape index (κ3) is 8.19. The number of guanidine groups is 1. The molecule has 6 heteroatoms. The smallest absolute Gasteiger partial charge is 0.259 e. The van der Waals surface area contributed by atoms with E-state index in [-0.39, 0.29) is 12.5 Å². The van der Waals surface area contributed by atoms with Crippen LogP contribution in [0.25, 0.3) is 0 Å². The number of ether oxygens (including phenoxy) is 1. The third-order valence-corrected chi connectivity index (χ3v) is 5.08. The second-order valence-electron chi connectivity index (χ2n) is 7.64. The van der Waals surface area contributed by atoms with Crippen molar-refractivity contribution in [3.63, 3.8) is 0 Å². The van der Waals surface area contributed by atoms with Gasteiger partial charge in [-0.3, -0.25) is 4.79 Å². The van der Waals surface area contributed by atoms with E-state index in [0.717, 1.165) is 30.5 Å². The lowest BCUT2D eigenvalue weighted by atomic mass is 10.0. The minimum absolute atomic E-state index is 0.0465. The van der Waals surface area contributed by atoms with Gasteiger partial charge in [-0.25, -0.2) is 4.99 Å². The van der Waals surface area contributed by atoms with Crippen LogP contribution in [-0.4, -0.2) is 50.6 Å². The van der Waals surface area contributed by atoms with E-state index in [1.54, 1.807) is 14.1 Å². The van der Waals surface area contributed by atoms with Gasteiger partial charge in [0.05, 0.1) is 6.54 Å². The van der Waals surface area contributed by atoms with Crippen molar-refractivity contribution in [1.82, 2.24) is 15.5 Å². The molecule has 0 spiro atoms. The fourth-order valence-electron chi connectivity index (χ4n) is 3.42. The Morgan fingerprint density at radius 1 is 1.25 bits per heavy atom. The highest BCUT2D eigenvalue weighted by Crippen LogP contribution is 2.28. The Kier molecular flexibility index (Phi) is 9.66. The zero-order valence-electron chi connectivity index (χ0n) is 17.7. The molecule has 0 heterocycles. The second kappa shape index (κ2) is 12.3. The molecule has 2 N–H and O–H groups in total. The highest BCUT2D eigenvalue weighted by Gasteiger charge is 2.14. The van der Waals surface area contributed by atoms with Gasteiger partial charge in [-0.15, -0.1) is 0 Å². The number of nitrogens with one attached hydrogen (secondary N) is 2. The summed E-state index contributed by atoms with van der Waals surface area (Å²) in [5.41, 5.74) is 1.05. The van der Waals surface area contributed by atoms with Crippen LogP contribution in [0, 0.1) is 5.92 Å². The molecule has 0 bridgehead atoms. The monoisotopic (exact) mass is 388 g/mol. The molecule has 156 valence electrons. The largest absolute Gasteiger partial charge is 0.484 e. The van der Waals surface area contributed by atoms with Crippen molar-refractivity contribution in [3.8, 4) is 5.75 Å². The molecular formula is C22H36N4O2. The lowest BCUT2D eigenvalue weighted by Crippen LogP contribution is -2.37. The summed E-state index contributed by atoms with van der Waals surface area (Å²) in [6, 6.07) is 7.76. The molecule has 0 aromatic heterocycles. The van der Waals surface area contributed by atoms with E-state index in [1.807, 2.05) is 24.3 Å². The van der Waals surface area contributed by atoms with Crippen molar-refractivity contribution in [2.24, 2.45) is 10.9 Å². The Hall–Kier alpha value is -2.24. The van der Waals surface area contributed by atoms with Gasteiger partial charge >= 0.3 is 0 Å². The summed E-state index contributed by atoms with van der Waals surface area (Å²) in [6.45, 7) is 4.48. The summed E-state index contributed by atoms with van der Waals surface area (Å²) in [5, 5.41) is 6.75. The molecule has 1 saturated carbocycles. The molecule has 0 atom stereocenters. The number of hydrogen-bond donors (Lipinski definition) is 2. The van der Waals surface area contributed by atoms with Crippen LogP contribution in [0.15, 0.2) is 29.3 Å². The summed E-state index contributed by atoms with van der Waals surface area (Å²) in [6.07, 6.45) is 8.15. The summed E-state index contributed by atoms with van der Waals surface area (Å²) < 4.78 is 5.58. The number of hydrogen-bond acceptors (Lipinski definition) is 3. The highest BCUT2D eigenvalue weighted by atomic mass is 16.5. The number of likely N-dealkylation sites (N-methyl/N-ethyl adjacent to an activating group) is 1. The van der Waals surface area contributed by atoms with E-state index in [4.69, 9.17) is 4.74 Å². The van der Waals surface area contributed by atoms with Crippen molar-refractivity contribution >= 4 is 11.9 Å². The lowest BCUT2D eigenvalue weighted by Gasteiger charge is -2.13. The normalized spacial score (nSPS) is 14.8. The number of rotatable bonds is 10. The van der Waals surface area contributed by atoms with Gasteiger partial charge in [-0.2, -0.15) is 0 Å². The van der Waals surface area contributed by atoms with Gasteiger partial charge in [0.1, 0.15) is 5.75 Å². The van der Waals surface area contributed by atoms with Crippen LogP contribution < -0.4 is 15.4 Å². The first kappa shape index (κ1) is 22.1. The number of carbonyl (C=O) groups excluding carboxylic acids is 1. The zero-order chi connectivity index (χ0) is 20.2. The molecule has 1 aliphatic carbocycles. The van der Waals surface area contributed by atoms with E-state index < -0.39 is 0 Å². The molecule has 1 fully saturated rings. The Bertz CT molecular complexity index is 625. The van der Waals surface area contributed by atoms with Crippen LogP contribution in [0.4, 0.5) is 0 Å². The number of amides is 1. The summed E-state index contributed by atoms with van der Waals surface area (Å²) in [7, 11) is 3.44. The summed E-state index contributed by atoms with van der Waals surface area (Å²) in [4.78, 5) is 17.9. The van der Waals surface area contributed by atoms with Gasteiger partial charge in [0, 0.05) is 27.2 Å². The standard InChI is InChI=1S/C22H36N4O2/c1-4-23-22(24-14-8-12-18-9-5-6-10-18)25-16-19-11-7-13-20(15-19)28-17-21(27)26(2)3/h7,11,13,15,18H,4-6,8-10,12,14,16-17H2,1-3H3,(H2,23,24,25). The average Bonchev–Trinajstić information content (AvgIpc) is 3.21. The third-order valence-electron chi connectivity index (χ3n) is 5.08. The fourth-order valence-corrected chi connectivity index (χ4v) is 3.42. The molecule has 0 aliphatic heterocycles. The maximum absolute atomic E-state index is 11.7. The van der Waals surface area contributed by atoms with E-state index in [1.165, 1.54) is 43.4 Å². The van der Waals surface area contributed by atoms with Gasteiger partial charge in [0.25, 0.3) is 5.91 Å².